The SMILES string of the molecule is Oc1cccc(/C=C/c2cnnc3ccccc23)c1. The Morgan fingerprint density at radius 3 is 2.74 bits per heavy atom. The first-order chi connectivity index (χ1) is 9.33. The second kappa shape index (κ2) is 4.90. The van der Waals surface area contributed by atoms with E-state index in [0.717, 1.165) is 22.0 Å². The molecular formula is C16H12N2O. The Morgan fingerprint density at radius 2 is 1.84 bits per heavy atom. The lowest BCUT2D eigenvalue weighted by Gasteiger charge is -2.00. The average molecular weight is 248 g/mol. The van der Waals surface area contributed by atoms with Gasteiger partial charge >= 0.3 is 0 Å². The van der Waals surface area contributed by atoms with E-state index in [9.17, 15) is 5.11 Å². The van der Waals surface area contributed by atoms with E-state index in [2.05, 4.69) is 10.2 Å². The molecule has 0 atom stereocenters. The molecular weight excluding hydrogens is 236 g/mol. The molecule has 1 heterocycles. The molecule has 3 aromatic rings. The second-order valence-electron chi connectivity index (χ2n) is 4.25. The number of nitrogens with zero attached hydrogens (tertiary/aromatic N) is 2. The first-order valence-electron chi connectivity index (χ1n) is 6.00. The van der Waals surface area contributed by atoms with Crippen LogP contribution in [0.5, 0.6) is 5.75 Å². The fraction of sp³-hybridized carbons (Fsp3) is 0. The van der Waals surface area contributed by atoms with Gasteiger partial charge in [-0.05, 0) is 23.8 Å². The van der Waals surface area contributed by atoms with Crippen LogP contribution in [0.15, 0.2) is 54.7 Å². The lowest BCUT2D eigenvalue weighted by Crippen LogP contribution is -1.86. The highest BCUT2D eigenvalue weighted by Gasteiger charge is 1.98. The lowest BCUT2D eigenvalue weighted by atomic mass is 10.1. The summed E-state index contributed by atoms with van der Waals surface area (Å²) in [6.07, 6.45) is 5.66. The van der Waals surface area contributed by atoms with Gasteiger partial charge in [-0.2, -0.15) is 10.2 Å². The number of aromatic hydroxyl groups is 1. The van der Waals surface area contributed by atoms with Crippen LogP contribution in [0.2, 0.25) is 0 Å². The highest BCUT2D eigenvalue weighted by Crippen LogP contribution is 2.18. The van der Waals surface area contributed by atoms with Gasteiger partial charge in [-0.1, -0.05) is 42.5 Å². The number of aromatic nitrogens is 2. The van der Waals surface area contributed by atoms with Crippen molar-refractivity contribution in [1.29, 1.82) is 0 Å². The predicted octanol–water partition coefficient (Wildman–Crippen LogP) is 3.51. The zero-order valence-corrected chi connectivity index (χ0v) is 10.2. The molecule has 3 nitrogen and oxygen atoms in total. The Kier molecular flexibility index (Phi) is 2.94. The highest BCUT2D eigenvalue weighted by molar-refractivity contribution is 5.89. The standard InChI is InChI=1S/C16H12N2O/c19-14-5-3-4-12(10-14)8-9-13-11-17-18-16-7-2-1-6-15(13)16/h1-11,19H/b9-8+. The highest BCUT2D eigenvalue weighted by atomic mass is 16.3. The zero-order valence-electron chi connectivity index (χ0n) is 10.2. The number of fused-ring (bicyclic) bond motifs is 1. The van der Waals surface area contributed by atoms with Gasteiger partial charge in [0.2, 0.25) is 0 Å². The van der Waals surface area contributed by atoms with E-state index in [0.29, 0.717) is 0 Å². The van der Waals surface area contributed by atoms with Crippen molar-refractivity contribution in [2.45, 2.75) is 0 Å². The summed E-state index contributed by atoms with van der Waals surface area (Å²) >= 11 is 0. The molecule has 1 aromatic heterocycles. The third-order valence-electron chi connectivity index (χ3n) is 2.90. The van der Waals surface area contributed by atoms with E-state index in [1.807, 2.05) is 48.6 Å². The third kappa shape index (κ3) is 2.45. The minimum absolute atomic E-state index is 0.264. The summed E-state index contributed by atoms with van der Waals surface area (Å²) in [6.45, 7) is 0. The van der Waals surface area contributed by atoms with Gasteiger partial charge in [-0.3, -0.25) is 0 Å². The Morgan fingerprint density at radius 1 is 0.947 bits per heavy atom. The number of rotatable bonds is 2. The molecule has 0 aliphatic rings. The number of hydrogen-bond acceptors (Lipinski definition) is 3. The molecule has 1 N–H and O–H groups in total. The van der Waals surface area contributed by atoms with Crippen molar-refractivity contribution in [3.05, 3.63) is 65.9 Å². The van der Waals surface area contributed by atoms with E-state index in [4.69, 9.17) is 0 Å². The van der Waals surface area contributed by atoms with Crippen LogP contribution < -0.4 is 0 Å². The van der Waals surface area contributed by atoms with Crippen molar-refractivity contribution in [1.82, 2.24) is 10.2 Å². The van der Waals surface area contributed by atoms with Crippen LogP contribution in [0.3, 0.4) is 0 Å². The molecule has 3 rings (SSSR count). The van der Waals surface area contributed by atoms with Crippen molar-refractivity contribution in [3.8, 4) is 5.75 Å². The summed E-state index contributed by atoms with van der Waals surface area (Å²) in [4.78, 5) is 0. The number of phenols is 1. The van der Waals surface area contributed by atoms with Crippen molar-refractivity contribution in [2.24, 2.45) is 0 Å². The monoisotopic (exact) mass is 248 g/mol. The first-order valence-corrected chi connectivity index (χ1v) is 6.00. The van der Waals surface area contributed by atoms with Gasteiger partial charge in [0, 0.05) is 10.9 Å². The van der Waals surface area contributed by atoms with Crippen molar-refractivity contribution in [2.75, 3.05) is 0 Å². The Balaban J connectivity index is 2.02. The minimum atomic E-state index is 0.264. The smallest absolute Gasteiger partial charge is 0.116 e. The van der Waals surface area contributed by atoms with Crippen LogP contribution in [-0.2, 0) is 0 Å². The molecule has 3 heteroatoms. The van der Waals surface area contributed by atoms with Gasteiger partial charge in [0.05, 0.1) is 11.7 Å². The molecule has 92 valence electrons. The molecule has 0 aliphatic carbocycles. The second-order valence-corrected chi connectivity index (χ2v) is 4.25. The van der Waals surface area contributed by atoms with E-state index in [-0.39, 0.29) is 5.75 Å². The first kappa shape index (κ1) is 11.4. The fourth-order valence-electron chi connectivity index (χ4n) is 1.98. The van der Waals surface area contributed by atoms with Crippen LogP contribution in [0.1, 0.15) is 11.1 Å². The molecule has 0 radical (unpaired) electrons. The van der Waals surface area contributed by atoms with E-state index < -0.39 is 0 Å². The molecule has 0 saturated heterocycles. The van der Waals surface area contributed by atoms with Gasteiger partial charge in [0.25, 0.3) is 0 Å². The molecule has 0 bridgehead atoms. The predicted molar refractivity (Wildman–Crippen MR) is 76.6 cm³/mol. The van der Waals surface area contributed by atoms with Crippen LogP contribution >= 0.6 is 0 Å². The summed E-state index contributed by atoms with van der Waals surface area (Å²) in [6, 6.07) is 15.0. The molecule has 0 saturated carbocycles. The van der Waals surface area contributed by atoms with E-state index >= 15 is 0 Å². The Hall–Kier alpha value is -2.68. The molecule has 0 spiro atoms. The largest absolute Gasteiger partial charge is 0.508 e. The van der Waals surface area contributed by atoms with E-state index in [1.54, 1.807) is 18.3 Å². The maximum Gasteiger partial charge on any atom is 0.116 e. The zero-order chi connectivity index (χ0) is 13.1. The molecule has 19 heavy (non-hydrogen) atoms. The number of phenolic OH excluding ortho intramolecular Hbond substituents is 1. The fourth-order valence-corrected chi connectivity index (χ4v) is 1.98. The molecule has 0 fully saturated rings. The van der Waals surface area contributed by atoms with Crippen LogP contribution in [0.25, 0.3) is 23.1 Å². The van der Waals surface area contributed by atoms with Gasteiger partial charge in [-0.15, -0.1) is 0 Å². The Bertz CT molecular complexity index is 745. The maximum absolute atomic E-state index is 9.43. The summed E-state index contributed by atoms with van der Waals surface area (Å²) in [5.74, 6) is 0.264. The molecule has 0 amide bonds. The van der Waals surface area contributed by atoms with Gasteiger partial charge in [0.1, 0.15) is 5.75 Å². The number of hydrogen-bond donors (Lipinski definition) is 1. The minimum Gasteiger partial charge on any atom is -0.508 e. The van der Waals surface area contributed by atoms with Crippen LogP contribution in [0, 0.1) is 0 Å². The van der Waals surface area contributed by atoms with Crippen molar-refractivity contribution in [3.63, 3.8) is 0 Å². The quantitative estimate of drug-likeness (QED) is 0.755. The summed E-state index contributed by atoms with van der Waals surface area (Å²) in [7, 11) is 0. The third-order valence-corrected chi connectivity index (χ3v) is 2.90. The van der Waals surface area contributed by atoms with Gasteiger partial charge in [0.15, 0.2) is 0 Å². The summed E-state index contributed by atoms with van der Waals surface area (Å²) in [5, 5.41) is 18.6. The Labute approximate surface area is 110 Å². The topological polar surface area (TPSA) is 46.0 Å². The average Bonchev–Trinajstić information content (AvgIpc) is 2.45. The van der Waals surface area contributed by atoms with Crippen LogP contribution in [-0.4, -0.2) is 15.3 Å². The van der Waals surface area contributed by atoms with Gasteiger partial charge in [-0.25, -0.2) is 0 Å². The maximum atomic E-state index is 9.43. The molecule has 0 aliphatic heterocycles. The molecule has 0 unspecified atom stereocenters. The van der Waals surface area contributed by atoms with Gasteiger partial charge < -0.3 is 5.11 Å². The van der Waals surface area contributed by atoms with Crippen molar-refractivity contribution < 1.29 is 5.11 Å². The lowest BCUT2D eigenvalue weighted by molar-refractivity contribution is 0.475. The van der Waals surface area contributed by atoms with E-state index in [1.165, 1.54) is 0 Å². The summed E-state index contributed by atoms with van der Waals surface area (Å²) in [5.41, 5.74) is 2.83. The number of benzene rings is 2. The normalized spacial score (nSPS) is 11.2. The van der Waals surface area contributed by atoms with Crippen molar-refractivity contribution >= 4 is 23.1 Å². The molecule has 2 aromatic carbocycles. The summed E-state index contributed by atoms with van der Waals surface area (Å²) < 4.78 is 0. The van der Waals surface area contributed by atoms with Crippen LogP contribution in [0.4, 0.5) is 0 Å².